The fourth-order valence-electron chi connectivity index (χ4n) is 2.15. The minimum Gasteiger partial charge on any atom is -0.356 e. The fourth-order valence-corrected chi connectivity index (χ4v) is 2.15. The zero-order chi connectivity index (χ0) is 16.8. The first-order valence-electron chi connectivity index (χ1n) is 7.33. The molecular formula is C16H19FN4O2. The number of halogens is 1. The molecule has 0 spiro atoms. The van der Waals surface area contributed by atoms with E-state index in [0.29, 0.717) is 36.5 Å². The minimum atomic E-state index is -0.402. The van der Waals surface area contributed by atoms with E-state index >= 15 is 0 Å². The molecule has 2 N–H and O–H groups in total. The molecule has 0 saturated heterocycles. The summed E-state index contributed by atoms with van der Waals surface area (Å²) in [6.07, 6.45) is 2.05. The number of aromatic nitrogens is 2. The number of nitrogens with one attached hydrogen (secondary N) is 2. The molecule has 0 fully saturated rings. The molecule has 0 radical (unpaired) electrons. The van der Waals surface area contributed by atoms with Gasteiger partial charge >= 0.3 is 0 Å². The van der Waals surface area contributed by atoms with Crippen LogP contribution in [0.25, 0.3) is 5.69 Å². The Kier molecular flexibility index (Phi) is 5.46. The normalized spacial score (nSPS) is 10.4. The van der Waals surface area contributed by atoms with Crippen molar-refractivity contribution in [2.24, 2.45) is 0 Å². The topological polar surface area (TPSA) is 76.0 Å². The van der Waals surface area contributed by atoms with Crippen LogP contribution in [-0.2, 0) is 4.79 Å². The van der Waals surface area contributed by atoms with Gasteiger partial charge in [-0.2, -0.15) is 5.10 Å². The van der Waals surface area contributed by atoms with Crippen LogP contribution < -0.4 is 10.6 Å². The van der Waals surface area contributed by atoms with Crippen LogP contribution in [0.3, 0.4) is 0 Å². The maximum absolute atomic E-state index is 13.8. The maximum atomic E-state index is 13.8. The van der Waals surface area contributed by atoms with Gasteiger partial charge in [-0.15, -0.1) is 0 Å². The highest BCUT2D eigenvalue weighted by Crippen LogP contribution is 2.16. The van der Waals surface area contributed by atoms with Crippen molar-refractivity contribution in [1.82, 2.24) is 20.4 Å². The lowest BCUT2D eigenvalue weighted by atomic mass is 10.2. The van der Waals surface area contributed by atoms with E-state index in [-0.39, 0.29) is 11.8 Å². The van der Waals surface area contributed by atoms with Crippen LogP contribution in [0.1, 0.15) is 29.4 Å². The highest BCUT2D eigenvalue weighted by Gasteiger charge is 2.16. The SMILES string of the molecule is CC(=O)NCCCNC(=O)c1cnn(-c2ccccc2F)c1C. The van der Waals surface area contributed by atoms with Crippen molar-refractivity contribution in [3.05, 3.63) is 47.5 Å². The Morgan fingerprint density at radius 2 is 1.91 bits per heavy atom. The zero-order valence-corrected chi connectivity index (χ0v) is 13.1. The second kappa shape index (κ2) is 7.53. The van der Waals surface area contributed by atoms with Gasteiger partial charge in [0, 0.05) is 20.0 Å². The Morgan fingerprint density at radius 1 is 1.22 bits per heavy atom. The molecular weight excluding hydrogens is 299 g/mol. The predicted octanol–water partition coefficient (Wildman–Crippen LogP) is 1.58. The van der Waals surface area contributed by atoms with Crippen molar-refractivity contribution >= 4 is 11.8 Å². The van der Waals surface area contributed by atoms with E-state index in [1.807, 2.05) is 0 Å². The second-order valence-corrected chi connectivity index (χ2v) is 5.10. The van der Waals surface area contributed by atoms with Crippen LogP contribution in [0, 0.1) is 12.7 Å². The minimum absolute atomic E-state index is 0.0988. The maximum Gasteiger partial charge on any atom is 0.254 e. The molecule has 1 aromatic heterocycles. The summed E-state index contributed by atoms with van der Waals surface area (Å²) in [6, 6.07) is 6.25. The quantitative estimate of drug-likeness (QED) is 0.794. The van der Waals surface area contributed by atoms with Gasteiger partial charge in [-0.1, -0.05) is 12.1 Å². The summed E-state index contributed by atoms with van der Waals surface area (Å²) < 4.78 is 15.2. The first-order chi connectivity index (χ1) is 11.0. The van der Waals surface area contributed by atoms with Crippen molar-refractivity contribution in [1.29, 1.82) is 0 Å². The Labute approximate surface area is 133 Å². The number of benzene rings is 1. The average Bonchev–Trinajstić information content (AvgIpc) is 2.88. The molecule has 2 amide bonds. The molecule has 122 valence electrons. The third-order valence-corrected chi connectivity index (χ3v) is 3.35. The number of hydrogen-bond donors (Lipinski definition) is 2. The molecule has 1 heterocycles. The van der Waals surface area contributed by atoms with Crippen molar-refractivity contribution in [2.75, 3.05) is 13.1 Å². The van der Waals surface area contributed by atoms with Gasteiger partial charge < -0.3 is 10.6 Å². The summed E-state index contributed by atoms with van der Waals surface area (Å²) in [5.41, 5.74) is 1.26. The highest BCUT2D eigenvalue weighted by molar-refractivity contribution is 5.95. The van der Waals surface area contributed by atoms with Crippen molar-refractivity contribution in [3.8, 4) is 5.69 Å². The van der Waals surface area contributed by atoms with E-state index in [4.69, 9.17) is 0 Å². The smallest absolute Gasteiger partial charge is 0.254 e. The van der Waals surface area contributed by atoms with Crippen molar-refractivity contribution < 1.29 is 14.0 Å². The summed E-state index contributed by atoms with van der Waals surface area (Å²) in [6.45, 7) is 4.09. The lowest BCUT2D eigenvalue weighted by Crippen LogP contribution is -2.29. The number of carbonyl (C=O) groups is 2. The second-order valence-electron chi connectivity index (χ2n) is 5.10. The van der Waals surface area contributed by atoms with Crippen LogP contribution in [0.15, 0.2) is 30.5 Å². The van der Waals surface area contributed by atoms with E-state index in [1.54, 1.807) is 25.1 Å². The molecule has 0 saturated carbocycles. The van der Waals surface area contributed by atoms with Gasteiger partial charge in [0.05, 0.1) is 17.5 Å². The Morgan fingerprint density at radius 3 is 2.61 bits per heavy atom. The van der Waals surface area contributed by atoms with Gasteiger partial charge in [-0.25, -0.2) is 9.07 Å². The Balaban J connectivity index is 2.00. The molecule has 2 rings (SSSR count). The van der Waals surface area contributed by atoms with Gasteiger partial charge in [-0.05, 0) is 25.5 Å². The van der Waals surface area contributed by atoms with Crippen LogP contribution in [0.4, 0.5) is 4.39 Å². The molecule has 6 nitrogen and oxygen atoms in total. The van der Waals surface area contributed by atoms with Gasteiger partial charge in [0.1, 0.15) is 11.5 Å². The molecule has 2 aromatic rings. The largest absolute Gasteiger partial charge is 0.356 e. The molecule has 7 heteroatoms. The zero-order valence-electron chi connectivity index (χ0n) is 13.1. The van der Waals surface area contributed by atoms with Crippen LogP contribution in [-0.4, -0.2) is 34.7 Å². The van der Waals surface area contributed by atoms with Crippen molar-refractivity contribution in [2.45, 2.75) is 20.3 Å². The predicted molar refractivity (Wildman–Crippen MR) is 83.9 cm³/mol. The van der Waals surface area contributed by atoms with Gasteiger partial charge in [-0.3, -0.25) is 9.59 Å². The summed E-state index contributed by atoms with van der Waals surface area (Å²) in [5.74, 6) is -0.771. The molecule has 1 aromatic carbocycles. The number of nitrogens with zero attached hydrogens (tertiary/aromatic N) is 2. The summed E-state index contributed by atoms with van der Waals surface area (Å²) in [7, 11) is 0. The van der Waals surface area contributed by atoms with Gasteiger partial charge in [0.25, 0.3) is 5.91 Å². The third-order valence-electron chi connectivity index (χ3n) is 3.35. The fraction of sp³-hybridized carbons (Fsp3) is 0.312. The molecule has 0 aliphatic rings. The Bertz CT molecular complexity index is 712. The lowest BCUT2D eigenvalue weighted by Gasteiger charge is -2.07. The summed E-state index contributed by atoms with van der Waals surface area (Å²) in [5, 5.41) is 9.50. The highest BCUT2D eigenvalue weighted by atomic mass is 19.1. The van der Waals surface area contributed by atoms with E-state index < -0.39 is 5.82 Å². The number of rotatable bonds is 6. The monoisotopic (exact) mass is 318 g/mol. The number of para-hydroxylation sites is 1. The van der Waals surface area contributed by atoms with Gasteiger partial charge in [0.2, 0.25) is 5.91 Å². The molecule has 23 heavy (non-hydrogen) atoms. The van der Waals surface area contributed by atoms with E-state index in [0.717, 1.165) is 0 Å². The van der Waals surface area contributed by atoms with Crippen LogP contribution in [0.5, 0.6) is 0 Å². The van der Waals surface area contributed by atoms with E-state index in [9.17, 15) is 14.0 Å². The number of hydrogen-bond acceptors (Lipinski definition) is 3. The Hall–Kier alpha value is -2.70. The molecule has 0 aliphatic carbocycles. The molecule has 0 atom stereocenters. The first-order valence-corrected chi connectivity index (χ1v) is 7.33. The number of amides is 2. The third kappa shape index (κ3) is 4.15. The standard InChI is InChI=1S/C16H19FN4O2/c1-11-13(16(23)19-9-5-8-18-12(2)22)10-20-21(11)15-7-4-3-6-14(15)17/h3-4,6-7,10H,5,8-9H2,1-2H3,(H,18,22)(H,19,23). The number of carbonyl (C=O) groups excluding carboxylic acids is 2. The molecule has 0 bridgehead atoms. The van der Waals surface area contributed by atoms with Crippen LogP contribution in [0.2, 0.25) is 0 Å². The molecule has 0 unspecified atom stereocenters. The summed E-state index contributed by atoms with van der Waals surface area (Å²) >= 11 is 0. The first kappa shape index (κ1) is 16.7. The van der Waals surface area contributed by atoms with Crippen molar-refractivity contribution in [3.63, 3.8) is 0 Å². The van der Waals surface area contributed by atoms with E-state index in [2.05, 4.69) is 15.7 Å². The summed E-state index contributed by atoms with van der Waals surface area (Å²) in [4.78, 5) is 22.9. The van der Waals surface area contributed by atoms with E-state index in [1.165, 1.54) is 23.9 Å². The molecule has 0 aliphatic heterocycles. The van der Waals surface area contributed by atoms with Gasteiger partial charge in [0.15, 0.2) is 0 Å². The average molecular weight is 318 g/mol. The lowest BCUT2D eigenvalue weighted by molar-refractivity contribution is -0.118. The van der Waals surface area contributed by atoms with Crippen LogP contribution >= 0.6 is 0 Å².